The molecular formula is C11H19N5. The van der Waals surface area contributed by atoms with Gasteiger partial charge in [0, 0.05) is 38.9 Å². The molecule has 1 fully saturated rings. The molecule has 1 aliphatic rings. The Bertz CT molecular complexity index is 333. The summed E-state index contributed by atoms with van der Waals surface area (Å²) in [5, 5.41) is 0. The zero-order valence-electron chi connectivity index (χ0n) is 9.76. The molecule has 16 heavy (non-hydrogen) atoms. The van der Waals surface area contributed by atoms with E-state index in [1.807, 2.05) is 6.07 Å². The Morgan fingerprint density at radius 3 is 2.69 bits per heavy atom. The van der Waals surface area contributed by atoms with Gasteiger partial charge in [-0.05, 0) is 12.6 Å². The molecule has 0 bridgehead atoms. The van der Waals surface area contributed by atoms with Crippen LogP contribution in [0.4, 0.5) is 5.95 Å². The van der Waals surface area contributed by atoms with Crippen LogP contribution in [0.5, 0.6) is 0 Å². The molecule has 1 saturated heterocycles. The topological polar surface area (TPSA) is 58.3 Å². The molecule has 2 heterocycles. The number of likely N-dealkylation sites (N-methyl/N-ethyl adjacent to an activating group) is 1. The molecule has 5 nitrogen and oxygen atoms in total. The maximum atomic E-state index is 5.57. The Morgan fingerprint density at radius 2 is 2.06 bits per heavy atom. The summed E-state index contributed by atoms with van der Waals surface area (Å²) in [4.78, 5) is 13.4. The molecule has 5 heteroatoms. The minimum Gasteiger partial charge on any atom is -0.338 e. The summed E-state index contributed by atoms with van der Waals surface area (Å²) < 4.78 is 0. The number of nitrogens with two attached hydrogens (primary N) is 1. The number of aromatic nitrogens is 2. The van der Waals surface area contributed by atoms with E-state index in [1.54, 1.807) is 6.20 Å². The second-order valence-corrected chi connectivity index (χ2v) is 3.97. The van der Waals surface area contributed by atoms with Crippen LogP contribution in [-0.4, -0.2) is 47.6 Å². The highest BCUT2D eigenvalue weighted by Crippen LogP contribution is 2.10. The van der Waals surface area contributed by atoms with Gasteiger partial charge >= 0.3 is 0 Å². The molecule has 0 atom stereocenters. The molecule has 0 unspecified atom stereocenters. The molecule has 0 amide bonds. The summed E-state index contributed by atoms with van der Waals surface area (Å²) >= 11 is 0. The van der Waals surface area contributed by atoms with Crippen LogP contribution < -0.4 is 10.6 Å². The van der Waals surface area contributed by atoms with E-state index in [0.717, 1.165) is 44.4 Å². The van der Waals surface area contributed by atoms with E-state index in [1.165, 1.54) is 0 Å². The number of nitrogens with zero attached hydrogens (tertiary/aromatic N) is 4. The van der Waals surface area contributed by atoms with Gasteiger partial charge in [0.2, 0.25) is 5.95 Å². The lowest BCUT2D eigenvalue weighted by molar-refractivity contribution is 0.270. The second-order valence-electron chi connectivity index (χ2n) is 3.97. The van der Waals surface area contributed by atoms with Gasteiger partial charge in [0.05, 0.1) is 5.69 Å². The Morgan fingerprint density at radius 1 is 1.31 bits per heavy atom. The highest BCUT2D eigenvalue weighted by Gasteiger charge is 2.17. The maximum Gasteiger partial charge on any atom is 0.225 e. The Labute approximate surface area is 96.3 Å². The second kappa shape index (κ2) is 5.23. The predicted octanol–water partition coefficient (Wildman–Crippen LogP) is 0.0772. The molecule has 0 aliphatic carbocycles. The first-order valence-electron chi connectivity index (χ1n) is 5.82. The maximum absolute atomic E-state index is 5.57. The van der Waals surface area contributed by atoms with Gasteiger partial charge in [-0.2, -0.15) is 0 Å². The van der Waals surface area contributed by atoms with E-state index in [2.05, 4.69) is 26.7 Å². The van der Waals surface area contributed by atoms with Crippen molar-refractivity contribution in [2.24, 2.45) is 5.73 Å². The van der Waals surface area contributed by atoms with Crippen molar-refractivity contribution in [3.63, 3.8) is 0 Å². The van der Waals surface area contributed by atoms with E-state index in [-0.39, 0.29) is 0 Å². The van der Waals surface area contributed by atoms with Crippen LogP contribution >= 0.6 is 0 Å². The van der Waals surface area contributed by atoms with Crippen LogP contribution in [0.1, 0.15) is 12.6 Å². The van der Waals surface area contributed by atoms with Gasteiger partial charge in [-0.25, -0.2) is 9.97 Å². The van der Waals surface area contributed by atoms with Crippen LogP contribution in [0.25, 0.3) is 0 Å². The van der Waals surface area contributed by atoms with E-state index < -0.39 is 0 Å². The number of rotatable bonds is 3. The van der Waals surface area contributed by atoms with Gasteiger partial charge in [0.15, 0.2) is 0 Å². The quantitative estimate of drug-likeness (QED) is 0.783. The third-order valence-corrected chi connectivity index (χ3v) is 3.01. The average Bonchev–Trinajstić information content (AvgIpc) is 2.39. The van der Waals surface area contributed by atoms with Crippen molar-refractivity contribution in [1.29, 1.82) is 0 Å². The summed E-state index contributed by atoms with van der Waals surface area (Å²) in [6.45, 7) is 7.98. The summed E-state index contributed by atoms with van der Waals surface area (Å²) in [5.74, 6) is 0.818. The molecule has 1 aromatic heterocycles. The molecular weight excluding hydrogens is 202 g/mol. The smallest absolute Gasteiger partial charge is 0.225 e. The number of hydrogen-bond donors (Lipinski definition) is 1. The molecule has 2 N–H and O–H groups in total. The molecule has 1 aromatic rings. The lowest BCUT2D eigenvalue weighted by Gasteiger charge is -2.34. The molecule has 0 radical (unpaired) electrons. The molecule has 0 spiro atoms. The standard InChI is InChI=1S/C11H19N5/c1-2-15-5-7-16(8-6-15)11-13-4-3-10(9-12)14-11/h3-4H,2,5-9,12H2,1H3. The molecule has 88 valence electrons. The molecule has 0 aromatic carbocycles. The first kappa shape index (κ1) is 11.3. The Kier molecular flexibility index (Phi) is 3.69. The third kappa shape index (κ3) is 2.48. The van der Waals surface area contributed by atoms with E-state index in [9.17, 15) is 0 Å². The van der Waals surface area contributed by atoms with E-state index in [0.29, 0.717) is 6.54 Å². The van der Waals surface area contributed by atoms with Gasteiger partial charge in [0.25, 0.3) is 0 Å². The summed E-state index contributed by atoms with van der Waals surface area (Å²) in [5.41, 5.74) is 6.48. The fourth-order valence-corrected chi connectivity index (χ4v) is 1.91. The first-order valence-corrected chi connectivity index (χ1v) is 5.82. The van der Waals surface area contributed by atoms with Crippen molar-refractivity contribution in [3.8, 4) is 0 Å². The summed E-state index contributed by atoms with van der Waals surface area (Å²) in [7, 11) is 0. The molecule has 2 rings (SSSR count). The SMILES string of the molecule is CCN1CCN(c2nccc(CN)n2)CC1. The fourth-order valence-electron chi connectivity index (χ4n) is 1.91. The largest absolute Gasteiger partial charge is 0.338 e. The molecule has 1 aliphatic heterocycles. The third-order valence-electron chi connectivity index (χ3n) is 3.01. The van der Waals surface area contributed by atoms with Gasteiger partial charge < -0.3 is 15.5 Å². The zero-order chi connectivity index (χ0) is 11.4. The lowest BCUT2D eigenvalue weighted by atomic mass is 10.3. The average molecular weight is 221 g/mol. The fraction of sp³-hybridized carbons (Fsp3) is 0.636. The van der Waals surface area contributed by atoms with E-state index >= 15 is 0 Å². The van der Waals surface area contributed by atoms with Crippen molar-refractivity contribution in [2.75, 3.05) is 37.6 Å². The lowest BCUT2D eigenvalue weighted by Crippen LogP contribution is -2.46. The number of hydrogen-bond acceptors (Lipinski definition) is 5. The summed E-state index contributed by atoms with van der Waals surface area (Å²) in [6, 6.07) is 1.87. The predicted molar refractivity (Wildman–Crippen MR) is 64.3 cm³/mol. The minimum absolute atomic E-state index is 0.477. The number of piperazine rings is 1. The minimum atomic E-state index is 0.477. The highest BCUT2D eigenvalue weighted by molar-refractivity contribution is 5.31. The van der Waals surface area contributed by atoms with Crippen molar-refractivity contribution in [2.45, 2.75) is 13.5 Å². The van der Waals surface area contributed by atoms with Crippen molar-refractivity contribution in [1.82, 2.24) is 14.9 Å². The van der Waals surface area contributed by atoms with E-state index in [4.69, 9.17) is 5.73 Å². The van der Waals surface area contributed by atoms with Crippen molar-refractivity contribution in [3.05, 3.63) is 18.0 Å². The van der Waals surface area contributed by atoms with Gasteiger partial charge in [-0.1, -0.05) is 6.92 Å². The first-order chi connectivity index (χ1) is 7.83. The van der Waals surface area contributed by atoms with Crippen LogP contribution in [0.2, 0.25) is 0 Å². The Hall–Kier alpha value is -1.20. The van der Waals surface area contributed by atoms with Crippen molar-refractivity contribution < 1.29 is 0 Å². The van der Waals surface area contributed by atoms with Gasteiger partial charge in [-0.3, -0.25) is 0 Å². The molecule has 0 saturated carbocycles. The van der Waals surface area contributed by atoms with Crippen molar-refractivity contribution >= 4 is 5.95 Å². The van der Waals surface area contributed by atoms with Crippen LogP contribution in [-0.2, 0) is 6.54 Å². The Balaban J connectivity index is 2.02. The van der Waals surface area contributed by atoms with Crippen LogP contribution in [0.3, 0.4) is 0 Å². The monoisotopic (exact) mass is 221 g/mol. The highest BCUT2D eigenvalue weighted by atomic mass is 15.3. The normalized spacial score (nSPS) is 17.8. The summed E-state index contributed by atoms with van der Waals surface area (Å²) in [6.07, 6.45) is 1.79. The van der Waals surface area contributed by atoms with Gasteiger partial charge in [0.1, 0.15) is 0 Å². The zero-order valence-corrected chi connectivity index (χ0v) is 9.76. The van der Waals surface area contributed by atoms with Crippen LogP contribution in [0.15, 0.2) is 12.3 Å². The van der Waals surface area contributed by atoms with Crippen LogP contribution in [0, 0.1) is 0 Å². The van der Waals surface area contributed by atoms with Gasteiger partial charge in [-0.15, -0.1) is 0 Å². The number of anilines is 1.